The van der Waals surface area contributed by atoms with E-state index in [4.69, 9.17) is 25.8 Å². The van der Waals surface area contributed by atoms with Crippen molar-refractivity contribution < 1.29 is 23.8 Å². The Hall–Kier alpha value is -2.99. The molecule has 2 aromatic rings. The van der Waals surface area contributed by atoms with Crippen molar-refractivity contribution in [3.8, 4) is 11.5 Å². The van der Waals surface area contributed by atoms with Gasteiger partial charge in [-0.05, 0) is 48.4 Å². The Labute approximate surface area is 161 Å². The predicted octanol–water partition coefficient (Wildman–Crippen LogP) is 3.50. The van der Waals surface area contributed by atoms with Crippen molar-refractivity contribution >= 4 is 29.6 Å². The Morgan fingerprint density at radius 3 is 2.70 bits per heavy atom. The summed E-state index contributed by atoms with van der Waals surface area (Å²) in [6, 6.07) is 12.2. The van der Waals surface area contributed by atoms with Gasteiger partial charge in [0.15, 0.2) is 18.1 Å². The molecule has 27 heavy (non-hydrogen) atoms. The fourth-order valence-corrected chi connectivity index (χ4v) is 2.61. The van der Waals surface area contributed by atoms with E-state index in [-0.39, 0.29) is 25.3 Å². The molecule has 1 aliphatic rings. The first-order chi connectivity index (χ1) is 13.0. The number of ether oxygens (including phenoxy) is 3. The SMILES string of the molecule is CC(NC(=O)COC(=O)/C=C/c1ccc2c(c1)OCO2)c1ccc(Cl)cc1. The summed E-state index contributed by atoms with van der Waals surface area (Å²) in [5.41, 5.74) is 1.67. The lowest BCUT2D eigenvalue weighted by Crippen LogP contribution is -2.30. The van der Waals surface area contributed by atoms with Crippen molar-refractivity contribution in [2.45, 2.75) is 13.0 Å². The summed E-state index contributed by atoms with van der Waals surface area (Å²) in [5.74, 6) is 0.298. The van der Waals surface area contributed by atoms with Crippen LogP contribution in [0.15, 0.2) is 48.5 Å². The monoisotopic (exact) mass is 387 g/mol. The second-order valence-corrected chi connectivity index (χ2v) is 6.33. The van der Waals surface area contributed by atoms with Crippen molar-refractivity contribution in [1.29, 1.82) is 0 Å². The molecule has 2 aromatic carbocycles. The van der Waals surface area contributed by atoms with Crippen LogP contribution in [0.4, 0.5) is 0 Å². The van der Waals surface area contributed by atoms with Gasteiger partial charge < -0.3 is 19.5 Å². The van der Waals surface area contributed by atoms with Gasteiger partial charge in [-0.15, -0.1) is 0 Å². The number of esters is 1. The minimum absolute atomic E-state index is 0.189. The second kappa shape index (κ2) is 8.60. The summed E-state index contributed by atoms with van der Waals surface area (Å²) in [6.07, 6.45) is 2.84. The topological polar surface area (TPSA) is 73.9 Å². The van der Waals surface area contributed by atoms with Crippen LogP contribution < -0.4 is 14.8 Å². The van der Waals surface area contributed by atoms with Crippen molar-refractivity contribution in [2.75, 3.05) is 13.4 Å². The maximum atomic E-state index is 11.9. The van der Waals surface area contributed by atoms with E-state index in [2.05, 4.69) is 5.32 Å². The molecular formula is C20H18ClNO5. The number of benzene rings is 2. The Morgan fingerprint density at radius 1 is 1.19 bits per heavy atom. The van der Waals surface area contributed by atoms with Crippen LogP contribution in [0.3, 0.4) is 0 Å². The lowest BCUT2D eigenvalue weighted by Gasteiger charge is -2.14. The van der Waals surface area contributed by atoms with E-state index in [0.717, 1.165) is 11.1 Å². The molecule has 1 atom stereocenters. The van der Waals surface area contributed by atoms with Crippen LogP contribution in [0.5, 0.6) is 11.5 Å². The minimum Gasteiger partial charge on any atom is -0.454 e. The number of nitrogens with one attached hydrogen (secondary N) is 1. The number of halogens is 1. The zero-order valence-electron chi connectivity index (χ0n) is 14.6. The highest BCUT2D eigenvalue weighted by atomic mass is 35.5. The average molecular weight is 388 g/mol. The number of fused-ring (bicyclic) bond motifs is 1. The van der Waals surface area contributed by atoms with Gasteiger partial charge in [-0.25, -0.2) is 4.79 Å². The van der Waals surface area contributed by atoms with E-state index in [1.807, 2.05) is 19.1 Å². The van der Waals surface area contributed by atoms with Crippen LogP contribution in [0, 0.1) is 0 Å². The zero-order chi connectivity index (χ0) is 19.2. The molecule has 0 aliphatic carbocycles. The Bertz CT molecular complexity index is 863. The summed E-state index contributed by atoms with van der Waals surface area (Å²) < 4.78 is 15.5. The third-order valence-corrected chi connectivity index (χ3v) is 4.15. The molecule has 3 rings (SSSR count). The second-order valence-electron chi connectivity index (χ2n) is 5.89. The number of rotatable bonds is 6. The number of amides is 1. The molecule has 1 amide bonds. The fraction of sp³-hybridized carbons (Fsp3) is 0.200. The molecule has 0 fully saturated rings. The third kappa shape index (κ3) is 5.24. The molecule has 7 heteroatoms. The van der Waals surface area contributed by atoms with Crippen molar-refractivity contribution in [3.05, 3.63) is 64.7 Å². The third-order valence-electron chi connectivity index (χ3n) is 3.90. The van der Waals surface area contributed by atoms with Crippen LogP contribution in [0.2, 0.25) is 5.02 Å². The summed E-state index contributed by atoms with van der Waals surface area (Å²) in [6.45, 7) is 1.67. The molecular weight excluding hydrogens is 370 g/mol. The van der Waals surface area contributed by atoms with Crippen molar-refractivity contribution in [1.82, 2.24) is 5.32 Å². The van der Waals surface area contributed by atoms with Crippen LogP contribution in [0.1, 0.15) is 24.1 Å². The lowest BCUT2D eigenvalue weighted by atomic mass is 10.1. The molecule has 6 nitrogen and oxygen atoms in total. The van der Waals surface area contributed by atoms with E-state index < -0.39 is 5.97 Å². The molecule has 1 aliphatic heterocycles. The highest BCUT2D eigenvalue weighted by Gasteiger charge is 2.13. The summed E-state index contributed by atoms with van der Waals surface area (Å²) in [5, 5.41) is 3.38. The van der Waals surface area contributed by atoms with Gasteiger partial charge in [0.25, 0.3) is 5.91 Å². The Balaban J connectivity index is 1.45. The van der Waals surface area contributed by atoms with Crippen LogP contribution >= 0.6 is 11.6 Å². The molecule has 140 valence electrons. The van der Waals surface area contributed by atoms with Gasteiger partial charge in [0.05, 0.1) is 6.04 Å². The maximum Gasteiger partial charge on any atom is 0.331 e. The van der Waals surface area contributed by atoms with E-state index in [9.17, 15) is 9.59 Å². The fourth-order valence-electron chi connectivity index (χ4n) is 2.48. The van der Waals surface area contributed by atoms with Crippen molar-refractivity contribution in [2.24, 2.45) is 0 Å². The van der Waals surface area contributed by atoms with Gasteiger partial charge in [0.1, 0.15) is 0 Å². The first-order valence-electron chi connectivity index (χ1n) is 8.30. The average Bonchev–Trinajstić information content (AvgIpc) is 3.13. The number of hydrogen-bond donors (Lipinski definition) is 1. The number of carbonyl (C=O) groups excluding carboxylic acids is 2. The van der Waals surface area contributed by atoms with Gasteiger partial charge in [0, 0.05) is 11.1 Å². The molecule has 0 spiro atoms. The smallest absolute Gasteiger partial charge is 0.331 e. The Morgan fingerprint density at radius 2 is 1.93 bits per heavy atom. The van der Waals surface area contributed by atoms with E-state index in [1.54, 1.807) is 36.4 Å². The van der Waals surface area contributed by atoms with Crippen LogP contribution in [-0.2, 0) is 14.3 Å². The first kappa shape index (κ1) is 18.8. The highest BCUT2D eigenvalue weighted by molar-refractivity contribution is 6.30. The molecule has 0 bridgehead atoms. The van der Waals surface area contributed by atoms with Crippen LogP contribution in [-0.4, -0.2) is 25.3 Å². The first-order valence-corrected chi connectivity index (χ1v) is 8.68. The summed E-state index contributed by atoms with van der Waals surface area (Å²) >= 11 is 5.84. The molecule has 1 N–H and O–H groups in total. The van der Waals surface area contributed by atoms with Crippen molar-refractivity contribution in [3.63, 3.8) is 0 Å². The molecule has 1 unspecified atom stereocenters. The van der Waals surface area contributed by atoms with E-state index in [0.29, 0.717) is 16.5 Å². The predicted molar refractivity (Wildman–Crippen MR) is 101 cm³/mol. The normalized spacial score (nSPS) is 13.4. The quantitative estimate of drug-likeness (QED) is 0.606. The van der Waals surface area contributed by atoms with Crippen LogP contribution in [0.25, 0.3) is 6.08 Å². The van der Waals surface area contributed by atoms with E-state index in [1.165, 1.54) is 6.08 Å². The summed E-state index contributed by atoms with van der Waals surface area (Å²) in [7, 11) is 0. The van der Waals surface area contributed by atoms with E-state index >= 15 is 0 Å². The molecule has 0 saturated carbocycles. The zero-order valence-corrected chi connectivity index (χ0v) is 15.4. The number of carbonyl (C=O) groups is 2. The molecule has 0 saturated heterocycles. The Kier molecular flexibility index (Phi) is 5.98. The van der Waals surface area contributed by atoms with Gasteiger partial charge in [0.2, 0.25) is 6.79 Å². The standard InChI is InChI=1S/C20H18ClNO5/c1-13(15-4-6-16(21)7-5-15)22-19(23)11-25-20(24)9-3-14-2-8-17-18(10-14)27-12-26-17/h2-10,13H,11-12H2,1H3,(H,22,23)/b9-3+. The van der Waals surface area contributed by atoms with Gasteiger partial charge in [-0.1, -0.05) is 29.8 Å². The number of hydrogen-bond acceptors (Lipinski definition) is 5. The molecule has 0 aromatic heterocycles. The molecule has 0 radical (unpaired) electrons. The summed E-state index contributed by atoms with van der Waals surface area (Å²) in [4.78, 5) is 23.7. The van der Waals surface area contributed by atoms with Gasteiger partial charge >= 0.3 is 5.97 Å². The van der Waals surface area contributed by atoms with Gasteiger partial charge in [-0.2, -0.15) is 0 Å². The minimum atomic E-state index is -0.609. The largest absolute Gasteiger partial charge is 0.454 e. The maximum absolute atomic E-state index is 11.9. The lowest BCUT2D eigenvalue weighted by molar-refractivity contribution is -0.144. The van der Waals surface area contributed by atoms with Gasteiger partial charge in [-0.3, -0.25) is 4.79 Å². The highest BCUT2D eigenvalue weighted by Crippen LogP contribution is 2.32. The molecule has 1 heterocycles.